The number of nitro benzene ring substituents is 1. The molecule has 0 spiro atoms. The van der Waals surface area contributed by atoms with Crippen molar-refractivity contribution in [3.8, 4) is 0 Å². The van der Waals surface area contributed by atoms with Crippen LogP contribution >= 0.6 is 0 Å². The first-order valence-electron chi connectivity index (χ1n) is 8.91. The maximum absolute atomic E-state index is 12.3. The highest BCUT2D eigenvalue weighted by Crippen LogP contribution is 2.21. The molecule has 0 radical (unpaired) electrons. The number of nitrogens with two attached hydrogens (primary N) is 1. The molecule has 0 heterocycles. The maximum Gasteiger partial charge on any atom is 0.341 e. The van der Waals surface area contributed by atoms with Gasteiger partial charge in [-0.15, -0.1) is 0 Å². The van der Waals surface area contributed by atoms with E-state index in [0.29, 0.717) is 6.54 Å². The summed E-state index contributed by atoms with van der Waals surface area (Å²) in [4.78, 5) is 34.8. The molecule has 0 saturated carbocycles. The fraction of sp³-hybridized carbons (Fsp3) is 0.300. The van der Waals surface area contributed by atoms with Crippen molar-refractivity contribution in [3.05, 3.63) is 69.8 Å². The first-order chi connectivity index (χ1) is 13.3. The molecule has 3 N–H and O–H groups in total. The third kappa shape index (κ3) is 5.29. The molecular formula is C20H23N3O5. The summed E-state index contributed by atoms with van der Waals surface area (Å²) in [6, 6.07) is 13.3. The molecular weight excluding hydrogens is 362 g/mol. The van der Waals surface area contributed by atoms with E-state index in [1.807, 2.05) is 37.3 Å². The summed E-state index contributed by atoms with van der Waals surface area (Å²) in [5, 5.41) is 13.6. The summed E-state index contributed by atoms with van der Waals surface area (Å²) >= 11 is 0. The Morgan fingerprint density at radius 2 is 1.89 bits per heavy atom. The summed E-state index contributed by atoms with van der Waals surface area (Å²) in [5.74, 6) is -1.20. The molecule has 0 bridgehead atoms. The van der Waals surface area contributed by atoms with Gasteiger partial charge in [0.25, 0.3) is 11.6 Å². The number of amides is 1. The molecule has 0 saturated heterocycles. The van der Waals surface area contributed by atoms with Gasteiger partial charge in [-0.3, -0.25) is 14.9 Å². The van der Waals surface area contributed by atoms with E-state index in [1.54, 1.807) is 0 Å². The summed E-state index contributed by atoms with van der Waals surface area (Å²) in [6.07, 6.45) is -0.234. The monoisotopic (exact) mass is 385 g/mol. The SMILES string of the molecule is CC[C@H](CNC(=O)[C@H](C)OC(=O)c1cc([N+](=O)[O-])ccc1N)c1ccccc1. The average Bonchev–Trinajstić information content (AvgIpc) is 2.69. The van der Waals surface area contributed by atoms with E-state index in [2.05, 4.69) is 5.32 Å². The van der Waals surface area contributed by atoms with Gasteiger partial charge in [-0.1, -0.05) is 37.3 Å². The van der Waals surface area contributed by atoms with Crippen molar-refractivity contribution in [2.24, 2.45) is 0 Å². The number of benzene rings is 2. The van der Waals surface area contributed by atoms with Gasteiger partial charge >= 0.3 is 5.97 Å². The molecule has 0 aliphatic carbocycles. The Bertz CT molecular complexity index is 854. The lowest BCUT2D eigenvalue weighted by Gasteiger charge is -2.18. The molecule has 0 fully saturated rings. The van der Waals surface area contributed by atoms with Gasteiger partial charge in [0.2, 0.25) is 0 Å². The van der Waals surface area contributed by atoms with Crippen LogP contribution in [0.25, 0.3) is 0 Å². The lowest BCUT2D eigenvalue weighted by Crippen LogP contribution is -2.38. The predicted octanol–water partition coefficient (Wildman–Crippen LogP) is 3.03. The van der Waals surface area contributed by atoms with Crippen LogP contribution in [0.4, 0.5) is 11.4 Å². The number of nitro groups is 1. The van der Waals surface area contributed by atoms with Crippen LogP contribution in [0.5, 0.6) is 0 Å². The van der Waals surface area contributed by atoms with Gasteiger partial charge in [0.1, 0.15) is 0 Å². The normalized spacial score (nSPS) is 12.6. The van der Waals surface area contributed by atoms with E-state index in [4.69, 9.17) is 10.5 Å². The Hall–Kier alpha value is -3.42. The quantitative estimate of drug-likeness (QED) is 0.311. The van der Waals surface area contributed by atoms with Crippen LogP contribution in [-0.2, 0) is 9.53 Å². The van der Waals surface area contributed by atoms with Crippen LogP contribution in [0.2, 0.25) is 0 Å². The van der Waals surface area contributed by atoms with Gasteiger partial charge in [-0.25, -0.2) is 4.79 Å². The summed E-state index contributed by atoms with van der Waals surface area (Å²) < 4.78 is 5.13. The number of non-ortho nitro benzene ring substituents is 1. The van der Waals surface area contributed by atoms with Crippen LogP contribution in [0.3, 0.4) is 0 Å². The van der Waals surface area contributed by atoms with E-state index in [-0.39, 0.29) is 22.9 Å². The fourth-order valence-corrected chi connectivity index (χ4v) is 2.70. The number of nitrogens with one attached hydrogen (secondary N) is 1. The molecule has 2 rings (SSSR count). The molecule has 0 unspecified atom stereocenters. The number of esters is 1. The molecule has 0 aromatic heterocycles. The minimum atomic E-state index is -1.07. The third-order valence-corrected chi connectivity index (χ3v) is 4.41. The highest BCUT2D eigenvalue weighted by Gasteiger charge is 2.23. The number of carbonyl (C=O) groups is 2. The number of anilines is 1. The summed E-state index contributed by atoms with van der Waals surface area (Å²) in [7, 11) is 0. The number of hydrogen-bond acceptors (Lipinski definition) is 6. The van der Waals surface area contributed by atoms with Gasteiger partial charge in [-0.05, 0) is 25.0 Å². The van der Waals surface area contributed by atoms with Crippen molar-refractivity contribution in [1.82, 2.24) is 5.32 Å². The van der Waals surface area contributed by atoms with Gasteiger partial charge in [0.05, 0.1) is 10.5 Å². The van der Waals surface area contributed by atoms with E-state index in [1.165, 1.54) is 19.1 Å². The van der Waals surface area contributed by atoms with E-state index in [9.17, 15) is 19.7 Å². The minimum Gasteiger partial charge on any atom is -0.449 e. The van der Waals surface area contributed by atoms with Crippen molar-refractivity contribution in [3.63, 3.8) is 0 Å². The number of carbonyl (C=O) groups excluding carboxylic acids is 2. The highest BCUT2D eigenvalue weighted by molar-refractivity contribution is 5.97. The number of hydrogen-bond donors (Lipinski definition) is 2. The van der Waals surface area contributed by atoms with Crippen LogP contribution in [0.1, 0.15) is 42.1 Å². The lowest BCUT2D eigenvalue weighted by atomic mass is 9.96. The Labute approximate surface area is 162 Å². The van der Waals surface area contributed by atoms with Gasteiger partial charge in [-0.2, -0.15) is 0 Å². The van der Waals surface area contributed by atoms with Crippen molar-refractivity contribution < 1.29 is 19.2 Å². The molecule has 2 aromatic rings. The zero-order valence-corrected chi connectivity index (χ0v) is 15.8. The second kappa shape index (κ2) is 9.50. The van der Waals surface area contributed by atoms with Crippen LogP contribution in [0, 0.1) is 10.1 Å². The minimum absolute atomic E-state index is 0.0401. The molecule has 2 aromatic carbocycles. The number of ether oxygens (including phenoxy) is 1. The maximum atomic E-state index is 12.3. The van der Waals surface area contributed by atoms with Crippen molar-refractivity contribution in [2.75, 3.05) is 12.3 Å². The smallest absolute Gasteiger partial charge is 0.341 e. The molecule has 148 valence electrons. The van der Waals surface area contributed by atoms with Crippen molar-refractivity contribution >= 4 is 23.3 Å². The average molecular weight is 385 g/mol. The van der Waals surface area contributed by atoms with E-state index < -0.39 is 22.9 Å². The molecule has 0 aliphatic heterocycles. The molecule has 2 atom stereocenters. The number of rotatable bonds is 8. The van der Waals surface area contributed by atoms with Crippen molar-refractivity contribution in [2.45, 2.75) is 32.3 Å². The molecule has 1 amide bonds. The Balaban J connectivity index is 1.97. The lowest BCUT2D eigenvalue weighted by molar-refractivity contribution is -0.384. The van der Waals surface area contributed by atoms with Gasteiger partial charge in [0.15, 0.2) is 6.10 Å². The Morgan fingerprint density at radius 1 is 1.21 bits per heavy atom. The first-order valence-corrected chi connectivity index (χ1v) is 8.91. The second-order valence-corrected chi connectivity index (χ2v) is 6.34. The van der Waals surface area contributed by atoms with E-state index in [0.717, 1.165) is 18.1 Å². The van der Waals surface area contributed by atoms with Crippen molar-refractivity contribution in [1.29, 1.82) is 0 Å². The van der Waals surface area contributed by atoms with Crippen LogP contribution < -0.4 is 11.1 Å². The summed E-state index contributed by atoms with van der Waals surface area (Å²) in [6.45, 7) is 3.86. The van der Waals surface area contributed by atoms with E-state index >= 15 is 0 Å². The molecule has 28 heavy (non-hydrogen) atoms. The number of nitrogen functional groups attached to an aromatic ring is 1. The highest BCUT2D eigenvalue weighted by atomic mass is 16.6. The largest absolute Gasteiger partial charge is 0.449 e. The number of nitrogens with zero attached hydrogens (tertiary/aromatic N) is 1. The topological polar surface area (TPSA) is 125 Å². The molecule has 8 heteroatoms. The predicted molar refractivity (Wildman–Crippen MR) is 105 cm³/mol. The standard InChI is InChI=1S/C20H23N3O5/c1-3-14(15-7-5-4-6-8-15)12-22-19(24)13(2)28-20(25)17-11-16(23(26)27)9-10-18(17)21/h4-11,13-14H,3,12,21H2,1-2H3,(H,22,24)/t13-,14+/m0/s1. The van der Waals surface area contributed by atoms with Gasteiger partial charge < -0.3 is 15.8 Å². The molecule has 8 nitrogen and oxygen atoms in total. The zero-order valence-electron chi connectivity index (χ0n) is 15.8. The van der Waals surface area contributed by atoms with Gasteiger partial charge in [0, 0.05) is 30.3 Å². The first kappa shape index (κ1) is 20.9. The summed E-state index contributed by atoms with van der Waals surface area (Å²) in [5.41, 5.74) is 6.42. The molecule has 0 aliphatic rings. The zero-order chi connectivity index (χ0) is 20.7. The fourth-order valence-electron chi connectivity index (χ4n) is 2.70. The van der Waals surface area contributed by atoms with Crippen LogP contribution in [0.15, 0.2) is 48.5 Å². The Kier molecular flexibility index (Phi) is 7.08. The third-order valence-electron chi connectivity index (χ3n) is 4.41. The second-order valence-electron chi connectivity index (χ2n) is 6.34. The van der Waals surface area contributed by atoms with Crippen LogP contribution in [-0.4, -0.2) is 29.4 Å². The Morgan fingerprint density at radius 3 is 2.50 bits per heavy atom.